The van der Waals surface area contributed by atoms with E-state index in [4.69, 9.17) is 0 Å². The number of fused-ring (bicyclic) bond motifs is 1. The second kappa shape index (κ2) is 8.53. The molecule has 2 amide bonds. The smallest absolute Gasteiger partial charge is 0.315 e. The number of hydrogen-bond donors (Lipinski definition) is 3. The molecule has 23 heavy (non-hydrogen) atoms. The number of hydrogen-bond acceptors (Lipinski definition) is 3. The van der Waals surface area contributed by atoms with Crippen LogP contribution in [0, 0.1) is 5.92 Å². The molecule has 6 nitrogen and oxygen atoms in total. The number of urea groups is 1. The molecule has 0 aliphatic rings. The zero-order chi connectivity index (χ0) is 16.7. The topological polar surface area (TPSA) is 79.2 Å². The highest BCUT2D eigenvalue weighted by atomic mass is 16.3. The Morgan fingerprint density at radius 2 is 2.13 bits per heavy atom. The molecule has 0 radical (unpaired) electrons. The molecule has 1 unspecified atom stereocenters. The monoisotopic (exact) mass is 318 g/mol. The van der Waals surface area contributed by atoms with Crippen LogP contribution < -0.4 is 10.6 Å². The van der Waals surface area contributed by atoms with Gasteiger partial charge in [-0.3, -0.25) is 0 Å². The standard InChI is InChI=1S/C17H26N4O2/c1-13(2)10-14(11-22)20-17(23)18-8-5-9-21-12-19-15-6-3-4-7-16(15)21/h3-4,6-7,12-14,22H,5,8-11H2,1-2H3,(H2,18,20,23). The van der Waals surface area contributed by atoms with Crippen LogP contribution in [0.3, 0.4) is 0 Å². The molecule has 0 saturated heterocycles. The lowest BCUT2D eigenvalue weighted by Crippen LogP contribution is -2.44. The van der Waals surface area contributed by atoms with Crippen LogP contribution in [-0.4, -0.2) is 39.9 Å². The number of para-hydroxylation sites is 2. The van der Waals surface area contributed by atoms with Gasteiger partial charge in [0.25, 0.3) is 0 Å². The van der Waals surface area contributed by atoms with Crippen LogP contribution in [-0.2, 0) is 6.54 Å². The summed E-state index contributed by atoms with van der Waals surface area (Å²) < 4.78 is 2.09. The van der Waals surface area contributed by atoms with Crippen molar-refractivity contribution in [1.82, 2.24) is 20.2 Å². The van der Waals surface area contributed by atoms with Crippen LogP contribution >= 0.6 is 0 Å². The van der Waals surface area contributed by atoms with Gasteiger partial charge in [-0.25, -0.2) is 9.78 Å². The van der Waals surface area contributed by atoms with Crippen molar-refractivity contribution >= 4 is 17.1 Å². The molecule has 0 saturated carbocycles. The molecule has 0 spiro atoms. The lowest BCUT2D eigenvalue weighted by atomic mass is 10.0. The number of carbonyl (C=O) groups excluding carboxylic acids is 1. The van der Waals surface area contributed by atoms with Gasteiger partial charge in [0.1, 0.15) is 0 Å². The predicted octanol–water partition coefficient (Wildman–Crippen LogP) is 2.13. The van der Waals surface area contributed by atoms with E-state index in [0.717, 1.165) is 30.4 Å². The summed E-state index contributed by atoms with van der Waals surface area (Å²) in [5.74, 6) is 0.432. The number of aromatic nitrogens is 2. The Morgan fingerprint density at radius 3 is 2.87 bits per heavy atom. The summed E-state index contributed by atoms with van der Waals surface area (Å²) in [5, 5.41) is 14.9. The van der Waals surface area contributed by atoms with E-state index in [-0.39, 0.29) is 18.7 Å². The van der Waals surface area contributed by atoms with Crippen molar-refractivity contribution in [2.45, 2.75) is 39.3 Å². The molecule has 1 aromatic carbocycles. The van der Waals surface area contributed by atoms with E-state index in [1.807, 2.05) is 30.6 Å². The second-order valence-corrected chi connectivity index (χ2v) is 6.19. The van der Waals surface area contributed by atoms with Gasteiger partial charge in [-0.2, -0.15) is 0 Å². The number of benzene rings is 1. The van der Waals surface area contributed by atoms with Crippen molar-refractivity contribution in [3.63, 3.8) is 0 Å². The van der Waals surface area contributed by atoms with Gasteiger partial charge in [-0.05, 0) is 30.9 Å². The summed E-state index contributed by atoms with van der Waals surface area (Å²) in [7, 11) is 0. The number of nitrogens with one attached hydrogen (secondary N) is 2. The number of nitrogens with zero attached hydrogens (tertiary/aromatic N) is 2. The van der Waals surface area contributed by atoms with E-state index in [1.165, 1.54) is 0 Å². The van der Waals surface area contributed by atoms with E-state index in [1.54, 1.807) is 0 Å². The SMILES string of the molecule is CC(C)CC(CO)NC(=O)NCCCn1cnc2ccccc21. The molecular weight excluding hydrogens is 292 g/mol. The molecule has 0 aliphatic carbocycles. The Balaban J connectivity index is 1.71. The highest BCUT2D eigenvalue weighted by Gasteiger charge is 2.12. The third-order valence-corrected chi connectivity index (χ3v) is 3.70. The molecule has 3 N–H and O–H groups in total. The number of imidazole rings is 1. The largest absolute Gasteiger partial charge is 0.394 e. The first-order valence-corrected chi connectivity index (χ1v) is 8.15. The van der Waals surface area contributed by atoms with E-state index >= 15 is 0 Å². The van der Waals surface area contributed by atoms with Gasteiger partial charge in [0.05, 0.1) is 30.0 Å². The minimum Gasteiger partial charge on any atom is -0.394 e. The van der Waals surface area contributed by atoms with Crippen molar-refractivity contribution in [2.75, 3.05) is 13.2 Å². The van der Waals surface area contributed by atoms with Gasteiger partial charge >= 0.3 is 6.03 Å². The molecule has 2 aromatic rings. The van der Waals surface area contributed by atoms with Crippen LogP contribution in [0.5, 0.6) is 0 Å². The average molecular weight is 318 g/mol. The van der Waals surface area contributed by atoms with Gasteiger partial charge in [-0.15, -0.1) is 0 Å². The van der Waals surface area contributed by atoms with Crippen molar-refractivity contribution in [3.05, 3.63) is 30.6 Å². The molecule has 0 aliphatic heterocycles. The maximum Gasteiger partial charge on any atom is 0.315 e. The van der Waals surface area contributed by atoms with Crippen LogP contribution in [0.4, 0.5) is 4.79 Å². The molecule has 126 valence electrons. The Bertz CT molecular complexity index is 624. The normalized spacial score (nSPS) is 12.5. The van der Waals surface area contributed by atoms with Gasteiger partial charge in [-0.1, -0.05) is 26.0 Å². The zero-order valence-electron chi connectivity index (χ0n) is 13.8. The highest BCUT2D eigenvalue weighted by molar-refractivity contribution is 5.75. The van der Waals surface area contributed by atoms with Crippen molar-refractivity contribution in [1.29, 1.82) is 0 Å². The lowest BCUT2D eigenvalue weighted by Gasteiger charge is -2.18. The Kier molecular flexibility index (Phi) is 6.40. The summed E-state index contributed by atoms with van der Waals surface area (Å²) in [6.45, 7) is 5.48. The Labute approximate surface area is 136 Å². The first-order valence-electron chi connectivity index (χ1n) is 8.15. The molecule has 0 bridgehead atoms. The van der Waals surface area contributed by atoms with Crippen molar-refractivity contribution in [3.8, 4) is 0 Å². The number of amides is 2. The minimum absolute atomic E-state index is 0.0351. The lowest BCUT2D eigenvalue weighted by molar-refractivity contribution is 0.207. The van der Waals surface area contributed by atoms with E-state index in [2.05, 4.69) is 34.0 Å². The summed E-state index contributed by atoms with van der Waals surface area (Å²) in [6.07, 6.45) is 3.42. The number of aliphatic hydroxyl groups is 1. The van der Waals surface area contributed by atoms with Crippen LogP contribution in [0.1, 0.15) is 26.7 Å². The average Bonchev–Trinajstić information content (AvgIpc) is 2.94. The Morgan fingerprint density at radius 1 is 1.35 bits per heavy atom. The van der Waals surface area contributed by atoms with Crippen LogP contribution in [0.15, 0.2) is 30.6 Å². The summed E-state index contributed by atoms with van der Waals surface area (Å²) >= 11 is 0. The third-order valence-electron chi connectivity index (χ3n) is 3.70. The molecule has 1 heterocycles. The van der Waals surface area contributed by atoms with Crippen LogP contribution in [0.2, 0.25) is 0 Å². The molecule has 0 fully saturated rings. The van der Waals surface area contributed by atoms with Crippen molar-refractivity contribution < 1.29 is 9.90 Å². The Hall–Kier alpha value is -2.08. The summed E-state index contributed by atoms with van der Waals surface area (Å²) in [6, 6.07) is 7.59. The number of aliphatic hydroxyl groups excluding tert-OH is 1. The number of carbonyl (C=O) groups is 1. The molecule has 1 atom stereocenters. The third kappa shape index (κ3) is 5.25. The van der Waals surface area contributed by atoms with Gasteiger partial charge in [0.15, 0.2) is 0 Å². The maximum atomic E-state index is 11.8. The maximum absolute atomic E-state index is 11.8. The van der Waals surface area contributed by atoms with E-state index < -0.39 is 0 Å². The van der Waals surface area contributed by atoms with Crippen LogP contribution in [0.25, 0.3) is 11.0 Å². The fourth-order valence-electron chi connectivity index (χ4n) is 2.62. The fraction of sp³-hybridized carbons (Fsp3) is 0.529. The van der Waals surface area contributed by atoms with Crippen molar-refractivity contribution in [2.24, 2.45) is 5.92 Å². The highest BCUT2D eigenvalue weighted by Crippen LogP contribution is 2.11. The summed E-state index contributed by atoms with van der Waals surface area (Å²) in [4.78, 5) is 16.2. The number of rotatable bonds is 8. The van der Waals surface area contributed by atoms with E-state index in [9.17, 15) is 9.90 Å². The first kappa shape index (κ1) is 17.3. The van der Waals surface area contributed by atoms with Gasteiger partial charge < -0.3 is 20.3 Å². The molecule has 6 heteroatoms. The zero-order valence-corrected chi connectivity index (χ0v) is 13.8. The minimum atomic E-state index is -0.222. The first-order chi connectivity index (χ1) is 11.1. The number of aryl methyl sites for hydroxylation is 1. The van der Waals surface area contributed by atoms with E-state index in [0.29, 0.717) is 12.5 Å². The van der Waals surface area contributed by atoms with Gasteiger partial charge in [0, 0.05) is 13.1 Å². The molecule has 2 rings (SSSR count). The van der Waals surface area contributed by atoms with Gasteiger partial charge in [0.2, 0.25) is 0 Å². The fourth-order valence-corrected chi connectivity index (χ4v) is 2.62. The quantitative estimate of drug-likeness (QED) is 0.652. The predicted molar refractivity (Wildman–Crippen MR) is 91.2 cm³/mol. The summed E-state index contributed by atoms with van der Waals surface area (Å²) in [5.41, 5.74) is 2.09. The molecular formula is C17H26N4O2. The second-order valence-electron chi connectivity index (χ2n) is 6.19. The molecule has 1 aromatic heterocycles.